The molecular formula is C11H22N4O2S. The Bertz CT molecular complexity index is 455. The van der Waals surface area contributed by atoms with Gasteiger partial charge in [0, 0.05) is 19.8 Å². The Morgan fingerprint density at radius 2 is 2.22 bits per heavy atom. The van der Waals surface area contributed by atoms with Gasteiger partial charge in [-0.1, -0.05) is 6.92 Å². The summed E-state index contributed by atoms with van der Waals surface area (Å²) in [5, 5.41) is 6.78. The van der Waals surface area contributed by atoms with E-state index in [2.05, 4.69) is 15.1 Å². The standard InChI is InChI=1S/C11H22N4O2S/c1-4-6-12-8-10(2)18(16,17)13-9-11-5-7-15(3)14-11/h5,7,10,12-13H,4,6,8-9H2,1-3H3. The summed E-state index contributed by atoms with van der Waals surface area (Å²) in [5.74, 6) is 0. The summed E-state index contributed by atoms with van der Waals surface area (Å²) < 4.78 is 28.1. The Balaban J connectivity index is 2.43. The molecule has 0 radical (unpaired) electrons. The van der Waals surface area contributed by atoms with Crippen LogP contribution in [0.15, 0.2) is 12.3 Å². The highest BCUT2D eigenvalue weighted by molar-refractivity contribution is 7.90. The van der Waals surface area contributed by atoms with Gasteiger partial charge >= 0.3 is 0 Å². The summed E-state index contributed by atoms with van der Waals surface area (Å²) in [5.41, 5.74) is 0.717. The van der Waals surface area contributed by atoms with Gasteiger partial charge in [-0.3, -0.25) is 4.68 Å². The van der Waals surface area contributed by atoms with Gasteiger partial charge in [0.25, 0.3) is 0 Å². The lowest BCUT2D eigenvalue weighted by molar-refractivity contribution is 0.555. The number of aromatic nitrogens is 2. The summed E-state index contributed by atoms with van der Waals surface area (Å²) >= 11 is 0. The summed E-state index contributed by atoms with van der Waals surface area (Å²) in [6, 6.07) is 1.79. The van der Waals surface area contributed by atoms with Gasteiger partial charge in [0.2, 0.25) is 10.0 Å². The van der Waals surface area contributed by atoms with Crippen molar-refractivity contribution in [3.8, 4) is 0 Å². The van der Waals surface area contributed by atoms with Gasteiger partial charge in [-0.2, -0.15) is 5.10 Å². The molecule has 6 nitrogen and oxygen atoms in total. The van der Waals surface area contributed by atoms with Crippen molar-refractivity contribution in [2.75, 3.05) is 13.1 Å². The van der Waals surface area contributed by atoms with E-state index in [0.717, 1.165) is 18.7 Å². The monoisotopic (exact) mass is 274 g/mol. The first kappa shape index (κ1) is 15.1. The van der Waals surface area contributed by atoms with Crippen LogP contribution in [0.1, 0.15) is 26.0 Å². The highest BCUT2D eigenvalue weighted by Crippen LogP contribution is 2.00. The number of nitrogens with zero attached hydrogens (tertiary/aromatic N) is 2. The van der Waals surface area contributed by atoms with E-state index in [1.165, 1.54) is 0 Å². The predicted octanol–water partition coefficient (Wildman–Crippen LogP) is 0.228. The van der Waals surface area contributed by atoms with Crippen LogP contribution >= 0.6 is 0 Å². The van der Waals surface area contributed by atoms with Crippen molar-refractivity contribution >= 4 is 10.0 Å². The van der Waals surface area contributed by atoms with Crippen LogP contribution in [0.5, 0.6) is 0 Å². The van der Waals surface area contributed by atoms with Crippen LogP contribution in [0.3, 0.4) is 0 Å². The van der Waals surface area contributed by atoms with Crippen molar-refractivity contribution in [1.29, 1.82) is 0 Å². The SMILES string of the molecule is CCCNCC(C)S(=O)(=O)NCc1ccn(C)n1. The van der Waals surface area contributed by atoms with E-state index in [-0.39, 0.29) is 6.54 Å². The average Bonchev–Trinajstić information content (AvgIpc) is 2.73. The molecule has 1 unspecified atom stereocenters. The molecule has 7 heteroatoms. The van der Waals surface area contributed by atoms with Crippen molar-refractivity contribution < 1.29 is 8.42 Å². The maximum atomic E-state index is 11.9. The predicted molar refractivity (Wildman–Crippen MR) is 71.6 cm³/mol. The zero-order valence-corrected chi connectivity index (χ0v) is 12.0. The van der Waals surface area contributed by atoms with Crippen LogP contribution in [0, 0.1) is 0 Å². The van der Waals surface area contributed by atoms with Gasteiger partial charge in [-0.05, 0) is 26.0 Å². The van der Waals surface area contributed by atoms with Crippen LogP contribution < -0.4 is 10.0 Å². The first-order valence-corrected chi connectivity index (χ1v) is 7.68. The molecule has 0 saturated carbocycles. The molecule has 1 aromatic heterocycles. The van der Waals surface area contributed by atoms with E-state index in [1.807, 2.05) is 6.92 Å². The second-order valence-electron chi connectivity index (χ2n) is 4.36. The van der Waals surface area contributed by atoms with Crippen LogP contribution in [-0.2, 0) is 23.6 Å². The highest BCUT2D eigenvalue weighted by atomic mass is 32.2. The van der Waals surface area contributed by atoms with E-state index in [0.29, 0.717) is 6.54 Å². The number of nitrogens with one attached hydrogen (secondary N) is 2. The lowest BCUT2D eigenvalue weighted by Crippen LogP contribution is -2.38. The zero-order chi connectivity index (χ0) is 13.6. The molecular weight excluding hydrogens is 252 g/mol. The van der Waals surface area contributed by atoms with Crippen LogP contribution in [0.2, 0.25) is 0 Å². The first-order valence-electron chi connectivity index (χ1n) is 6.13. The first-order chi connectivity index (χ1) is 8.45. The molecule has 0 spiro atoms. The fraction of sp³-hybridized carbons (Fsp3) is 0.727. The molecule has 1 rings (SSSR count). The number of hydrogen-bond donors (Lipinski definition) is 2. The van der Waals surface area contributed by atoms with Gasteiger partial charge < -0.3 is 5.32 Å². The maximum Gasteiger partial charge on any atom is 0.215 e. The Hall–Kier alpha value is -0.920. The van der Waals surface area contributed by atoms with E-state index >= 15 is 0 Å². The van der Waals surface area contributed by atoms with Crippen molar-refractivity contribution in [1.82, 2.24) is 19.8 Å². The average molecular weight is 274 g/mol. The van der Waals surface area contributed by atoms with E-state index in [4.69, 9.17) is 0 Å². The van der Waals surface area contributed by atoms with Gasteiger partial charge in [-0.25, -0.2) is 13.1 Å². The van der Waals surface area contributed by atoms with E-state index in [1.54, 1.807) is 30.9 Å². The number of rotatable bonds is 8. The van der Waals surface area contributed by atoms with Crippen molar-refractivity contribution in [3.63, 3.8) is 0 Å². The zero-order valence-electron chi connectivity index (χ0n) is 11.2. The summed E-state index contributed by atoms with van der Waals surface area (Å²) in [6.07, 6.45) is 2.78. The molecule has 0 bridgehead atoms. The molecule has 0 fully saturated rings. The third-order valence-electron chi connectivity index (χ3n) is 2.61. The van der Waals surface area contributed by atoms with E-state index < -0.39 is 15.3 Å². The van der Waals surface area contributed by atoms with Crippen molar-refractivity contribution in [3.05, 3.63) is 18.0 Å². The Morgan fingerprint density at radius 3 is 2.78 bits per heavy atom. The van der Waals surface area contributed by atoms with Gasteiger partial charge in [0.1, 0.15) is 0 Å². The molecule has 0 aliphatic carbocycles. The molecule has 1 atom stereocenters. The normalized spacial score (nSPS) is 13.7. The molecule has 104 valence electrons. The van der Waals surface area contributed by atoms with Gasteiger partial charge in [0.05, 0.1) is 17.5 Å². The summed E-state index contributed by atoms with van der Waals surface area (Å²) in [7, 11) is -1.49. The van der Waals surface area contributed by atoms with Gasteiger partial charge in [0.15, 0.2) is 0 Å². The lowest BCUT2D eigenvalue weighted by Gasteiger charge is -2.13. The van der Waals surface area contributed by atoms with Gasteiger partial charge in [-0.15, -0.1) is 0 Å². The highest BCUT2D eigenvalue weighted by Gasteiger charge is 2.19. The summed E-state index contributed by atoms with van der Waals surface area (Å²) in [4.78, 5) is 0. The number of sulfonamides is 1. The minimum absolute atomic E-state index is 0.237. The molecule has 2 N–H and O–H groups in total. The fourth-order valence-electron chi connectivity index (χ4n) is 1.47. The molecule has 0 saturated heterocycles. The van der Waals surface area contributed by atoms with Crippen LogP contribution in [0.25, 0.3) is 0 Å². The second kappa shape index (κ2) is 6.86. The van der Waals surface area contributed by atoms with Crippen molar-refractivity contribution in [2.45, 2.75) is 32.1 Å². The molecule has 1 heterocycles. The second-order valence-corrected chi connectivity index (χ2v) is 6.55. The molecule has 18 heavy (non-hydrogen) atoms. The molecule has 1 aromatic rings. The topological polar surface area (TPSA) is 76.0 Å². The number of aryl methyl sites for hydroxylation is 1. The van der Waals surface area contributed by atoms with Crippen molar-refractivity contribution in [2.24, 2.45) is 7.05 Å². The number of hydrogen-bond acceptors (Lipinski definition) is 4. The molecule has 0 aromatic carbocycles. The van der Waals surface area contributed by atoms with E-state index in [9.17, 15) is 8.42 Å². The molecule has 0 amide bonds. The third-order valence-corrected chi connectivity index (χ3v) is 4.38. The summed E-state index contributed by atoms with van der Waals surface area (Å²) in [6.45, 7) is 5.28. The molecule has 0 aliphatic rings. The maximum absolute atomic E-state index is 11.9. The van der Waals surface area contributed by atoms with Crippen LogP contribution in [-0.4, -0.2) is 36.5 Å². The molecule has 0 aliphatic heterocycles. The fourth-order valence-corrected chi connectivity index (χ4v) is 2.44. The lowest BCUT2D eigenvalue weighted by atomic mass is 10.4. The third kappa shape index (κ3) is 4.75. The minimum Gasteiger partial charge on any atom is -0.315 e. The Morgan fingerprint density at radius 1 is 1.50 bits per heavy atom. The Labute approximate surface area is 109 Å². The largest absolute Gasteiger partial charge is 0.315 e. The minimum atomic E-state index is -3.29. The quantitative estimate of drug-likeness (QED) is 0.665. The van der Waals surface area contributed by atoms with Crippen LogP contribution in [0.4, 0.5) is 0 Å². The smallest absolute Gasteiger partial charge is 0.215 e. The Kier molecular flexibility index (Phi) is 5.77.